The van der Waals surface area contributed by atoms with Crippen LogP contribution in [-0.4, -0.2) is 28.4 Å². The van der Waals surface area contributed by atoms with Gasteiger partial charge in [0.25, 0.3) is 5.69 Å². The number of nitrogens with one attached hydrogen (secondary N) is 1. The van der Waals surface area contributed by atoms with Crippen molar-refractivity contribution in [3.63, 3.8) is 0 Å². The molecule has 24 heavy (non-hydrogen) atoms. The molecule has 2 rings (SSSR count). The third kappa shape index (κ3) is 3.94. The Morgan fingerprint density at radius 3 is 2.75 bits per heavy atom. The van der Waals surface area contributed by atoms with Crippen molar-refractivity contribution in [1.29, 1.82) is 0 Å². The molecule has 0 spiro atoms. The number of carbonyl (C=O) groups is 1. The maximum absolute atomic E-state index is 12.5. The minimum atomic E-state index is -0.639. The summed E-state index contributed by atoms with van der Waals surface area (Å²) in [5.74, 6) is -0.476. The molecule has 7 nitrogen and oxygen atoms in total. The number of rotatable bonds is 4. The number of carbonyl (C=O) groups excluding carboxylic acids is 1. The van der Waals surface area contributed by atoms with E-state index in [2.05, 4.69) is 10.3 Å². The molecule has 0 saturated heterocycles. The van der Waals surface area contributed by atoms with Gasteiger partial charge in [0, 0.05) is 17.8 Å². The molecule has 1 N–H and O–H groups in total. The molecule has 1 aliphatic heterocycles. The van der Waals surface area contributed by atoms with Crippen molar-refractivity contribution < 1.29 is 14.5 Å². The monoisotopic (exact) mass is 349 g/mol. The van der Waals surface area contributed by atoms with Crippen LogP contribution in [0.5, 0.6) is 0 Å². The highest BCUT2D eigenvalue weighted by Crippen LogP contribution is 2.34. The number of ether oxygens (including phenoxy) is 1. The first-order valence-corrected chi connectivity index (χ1v) is 8.61. The molecular weight excluding hydrogens is 330 g/mol. The number of thioether (sulfide) groups is 1. The topological polar surface area (TPSA) is 93.8 Å². The highest BCUT2D eigenvalue weighted by molar-refractivity contribution is 8.13. The lowest BCUT2D eigenvalue weighted by Crippen LogP contribution is -2.31. The molecule has 0 amide bonds. The van der Waals surface area contributed by atoms with E-state index in [-0.39, 0.29) is 11.8 Å². The van der Waals surface area contributed by atoms with Gasteiger partial charge in [0.1, 0.15) is 6.04 Å². The Morgan fingerprint density at radius 1 is 1.46 bits per heavy atom. The Balaban J connectivity index is 2.50. The van der Waals surface area contributed by atoms with Crippen molar-refractivity contribution in [3.05, 3.63) is 51.2 Å². The fourth-order valence-electron chi connectivity index (χ4n) is 2.34. The van der Waals surface area contributed by atoms with Gasteiger partial charge >= 0.3 is 5.97 Å². The molecule has 1 heterocycles. The maximum atomic E-state index is 12.5. The number of benzene rings is 1. The van der Waals surface area contributed by atoms with Crippen LogP contribution in [0, 0.1) is 10.1 Å². The van der Waals surface area contributed by atoms with Gasteiger partial charge in [-0.2, -0.15) is 0 Å². The maximum Gasteiger partial charge on any atom is 0.338 e. The molecule has 8 heteroatoms. The SMILES string of the molecule is CSC1=N[C@@H](c2cccc([N+](=O)[O-])c2)C(C(=O)OC(C)C)=C(C)N1. The van der Waals surface area contributed by atoms with Crippen LogP contribution in [0.1, 0.15) is 32.4 Å². The number of allylic oxidation sites excluding steroid dienone is 1. The molecule has 0 unspecified atom stereocenters. The fourth-order valence-corrected chi connectivity index (χ4v) is 2.81. The van der Waals surface area contributed by atoms with Gasteiger partial charge in [-0.3, -0.25) is 10.1 Å². The summed E-state index contributed by atoms with van der Waals surface area (Å²) < 4.78 is 5.31. The summed E-state index contributed by atoms with van der Waals surface area (Å²) in [6.45, 7) is 5.30. The van der Waals surface area contributed by atoms with Crippen LogP contribution < -0.4 is 5.32 Å². The highest BCUT2D eigenvalue weighted by Gasteiger charge is 2.31. The number of non-ortho nitro benzene ring substituents is 1. The van der Waals surface area contributed by atoms with Crippen molar-refractivity contribution in [2.24, 2.45) is 4.99 Å². The van der Waals surface area contributed by atoms with Gasteiger partial charge in [-0.25, -0.2) is 9.79 Å². The minimum Gasteiger partial charge on any atom is -0.459 e. The molecule has 0 fully saturated rings. The average Bonchev–Trinajstić information content (AvgIpc) is 2.53. The molecule has 0 radical (unpaired) electrons. The zero-order chi connectivity index (χ0) is 17.9. The second kappa shape index (κ2) is 7.48. The van der Waals surface area contributed by atoms with Gasteiger partial charge in [0.05, 0.1) is 16.6 Å². The first kappa shape index (κ1) is 18.0. The first-order chi connectivity index (χ1) is 11.3. The quantitative estimate of drug-likeness (QED) is 0.510. The summed E-state index contributed by atoms with van der Waals surface area (Å²) in [4.78, 5) is 27.6. The smallest absolute Gasteiger partial charge is 0.338 e. The molecule has 1 aromatic rings. The van der Waals surface area contributed by atoms with Gasteiger partial charge in [-0.1, -0.05) is 23.9 Å². The summed E-state index contributed by atoms with van der Waals surface area (Å²) in [6.07, 6.45) is 1.59. The standard InChI is InChI=1S/C16H19N3O4S/c1-9(2)23-15(20)13-10(3)17-16(24-4)18-14(13)11-6-5-7-12(8-11)19(21)22/h5-9,14H,1-4H3,(H,17,18)/t14-/m0/s1. The number of aliphatic imine (C=N–C) groups is 1. The van der Waals surface area contributed by atoms with E-state index in [0.29, 0.717) is 22.0 Å². The van der Waals surface area contributed by atoms with E-state index in [9.17, 15) is 14.9 Å². The average molecular weight is 349 g/mol. The zero-order valence-electron chi connectivity index (χ0n) is 13.9. The predicted molar refractivity (Wildman–Crippen MR) is 93.9 cm³/mol. The van der Waals surface area contributed by atoms with E-state index in [4.69, 9.17) is 4.74 Å². The van der Waals surface area contributed by atoms with Gasteiger partial charge in [-0.05, 0) is 32.6 Å². The van der Waals surface area contributed by atoms with Crippen molar-refractivity contribution in [3.8, 4) is 0 Å². The van der Waals surface area contributed by atoms with Crippen molar-refractivity contribution >= 4 is 28.6 Å². The summed E-state index contributed by atoms with van der Waals surface area (Å²) in [6, 6.07) is 5.52. The summed E-state index contributed by atoms with van der Waals surface area (Å²) >= 11 is 1.40. The Kier molecular flexibility index (Phi) is 5.61. The van der Waals surface area contributed by atoms with Gasteiger partial charge < -0.3 is 10.1 Å². The number of amidine groups is 1. The number of hydrogen-bond donors (Lipinski definition) is 1. The number of nitro benzene ring substituents is 1. The van der Waals surface area contributed by atoms with Gasteiger partial charge in [0.2, 0.25) is 0 Å². The van der Waals surface area contributed by atoms with Crippen molar-refractivity contribution in [1.82, 2.24) is 5.32 Å². The summed E-state index contributed by atoms with van der Waals surface area (Å²) in [7, 11) is 0. The predicted octanol–water partition coefficient (Wildman–Crippen LogP) is 3.18. The van der Waals surface area contributed by atoms with E-state index in [1.807, 2.05) is 6.26 Å². The lowest BCUT2D eigenvalue weighted by atomic mass is 9.96. The third-order valence-corrected chi connectivity index (χ3v) is 3.97. The first-order valence-electron chi connectivity index (χ1n) is 7.38. The summed E-state index contributed by atoms with van der Waals surface area (Å²) in [5.41, 5.74) is 1.53. The van der Waals surface area contributed by atoms with Crippen molar-refractivity contribution in [2.75, 3.05) is 6.26 Å². The molecule has 1 aliphatic rings. The van der Waals surface area contributed by atoms with E-state index < -0.39 is 16.9 Å². The number of nitro groups is 1. The van der Waals surface area contributed by atoms with Crippen LogP contribution in [0.4, 0.5) is 5.69 Å². The second-order valence-corrected chi connectivity index (χ2v) is 6.31. The van der Waals surface area contributed by atoms with Crippen LogP contribution in [0.2, 0.25) is 0 Å². The lowest BCUT2D eigenvalue weighted by Gasteiger charge is -2.25. The molecule has 0 aromatic heterocycles. The second-order valence-electron chi connectivity index (χ2n) is 5.51. The van der Waals surface area contributed by atoms with E-state index in [0.717, 1.165) is 0 Å². The van der Waals surface area contributed by atoms with Crippen molar-refractivity contribution in [2.45, 2.75) is 32.9 Å². The molecule has 1 atom stereocenters. The number of nitrogens with zero attached hydrogens (tertiary/aromatic N) is 2. The summed E-state index contributed by atoms with van der Waals surface area (Å²) in [5, 5.41) is 14.7. The van der Waals surface area contributed by atoms with E-state index >= 15 is 0 Å². The Labute approximate surface area is 144 Å². The lowest BCUT2D eigenvalue weighted by molar-refractivity contribution is -0.384. The highest BCUT2D eigenvalue weighted by atomic mass is 32.2. The molecule has 0 saturated carbocycles. The Morgan fingerprint density at radius 2 is 2.17 bits per heavy atom. The molecule has 128 valence electrons. The normalized spacial score (nSPS) is 17.4. The minimum absolute atomic E-state index is 0.0406. The fraction of sp³-hybridized carbons (Fsp3) is 0.375. The van der Waals surface area contributed by atoms with Crippen LogP contribution in [0.15, 0.2) is 40.5 Å². The number of hydrogen-bond acceptors (Lipinski definition) is 7. The molecular formula is C16H19N3O4S. The van der Waals surface area contributed by atoms with E-state index in [1.165, 1.54) is 23.9 Å². The molecule has 1 aromatic carbocycles. The van der Waals surface area contributed by atoms with Crippen LogP contribution in [0.25, 0.3) is 0 Å². The van der Waals surface area contributed by atoms with E-state index in [1.54, 1.807) is 32.9 Å². The third-order valence-electron chi connectivity index (χ3n) is 3.37. The van der Waals surface area contributed by atoms with Crippen LogP contribution in [0.3, 0.4) is 0 Å². The Hall–Kier alpha value is -2.35. The van der Waals surface area contributed by atoms with Gasteiger partial charge in [-0.15, -0.1) is 0 Å². The largest absolute Gasteiger partial charge is 0.459 e. The Bertz CT molecular complexity index is 728. The van der Waals surface area contributed by atoms with Crippen LogP contribution >= 0.6 is 11.8 Å². The van der Waals surface area contributed by atoms with Gasteiger partial charge in [0.15, 0.2) is 5.17 Å². The number of esters is 1. The molecule has 0 bridgehead atoms. The van der Waals surface area contributed by atoms with Crippen LogP contribution in [-0.2, 0) is 9.53 Å². The molecule has 0 aliphatic carbocycles. The zero-order valence-corrected chi connectivity index (χ0v) is 14.7.